The first-order chi connectivity index (χ1) is 15.2. The lowest BCUT2D eigenvalue weighted by Gasteiger charge is -2.35. The van der Waals surface area contributed by atoms with Crippen LogP contribution in [0.2, 0.25) is 0 Å². The number of carbonyl (C=O) groups is 1. The van der Waals surface area contributed by atoms with Crippen molar-refractivity contribution < 1.29 is 4.79 Å². The molecule has 1 aromatic rings. The molecule has 0 radical (unpaired) electrons. The van der Waals surface area contributed by atoms with Gasteiger partial charge < -0.3 is 10.2 Å². The Morgan fingerprint density at radius 2 is 2.00 bits per heavy atom. The highest BCUT2D eigenvalue weighted by molar-refractivity contribution is 6.01. The van der Waals surface area contributed by atoms with Crippen LogP contribution in [0.1, 0.15) is 39.6 Å². The van der Waals surface area contributed by atoms with Gasteiger partial charge in [-0.25, -0.2) is 0 Å². The Labute approximate surface area is 183 Å². The van der Waals surface area contributed by atoms with Crippen molar-refractivity contribution in [3.05, 3.63) is 71.1 Å². The Morgan fingerprint density at radius 1 is 1.19 bits per heavy atom. The molecular weight excluding hydrogens is 386 g/mol. The number of amides is 1. The van der Waals surface area contributed by atoms with E-state index in [-0.39, 0.29) is 11.9 Å². The SMILES string of the molecule is CN1CCN(C[C@@H](NC(=O)c2cc3cn[nH]c4c-3c2CCC=C4)c2ccccc2)CC1. The van der Waals surface area contributed by atoms with Crippen LogP contribution in [0, 0.1) is 0 Å². The Bertz CT molecular complexity index is 1050. The van der Waals surface area contributed by atoms with Gasteiger partial charge in [0.15, 0.2) is 0 Å². The van der Waals surface area contributed by atoms with Gasteiger partial charge in [0, 0.05) is 49.4 Å². The van der Waals surface area contributed by atoms with Crippen molar-refractivity contribution in [2.45, 2.75) is 18.9 Å². The zero-order valence-electron chi connectivity index (χ0n) is 18.0. The second-order valence-electron chi connectivity index (χ2n) is 8.63. The molecule has 0 spiro atoms. The number of nitrogens with zero attached hydrogens (tertiary/aromatic N) is 3. The minimum Gasteiger partial charge on any atom is -0.344 e. The van der Waals surface area contributed by atoms with Gasteiger partial charge in [0.2, 0.25) is 0 Å². The number of hydrogen-bond acceptors (Lipinski definition) is 4. The molecule has 2 N–H and O–H groups in total. The number of nitrogens with one attached hydrogen (secondary N) is 2. The van der Waals surface area contributed by atoms with E-state index in [2.05, 4.69) is 56.6 Å². The molecule has 1 aromatic carbocycles. The van der Waals surface area contributed by atoms with E-state index in [0.717, 1.165) is 79.1 Å². The van der Waals surface area contributed by atoms with Gasteiger partial charge in [0.25, 0.3) is 5.91 Å². The van der Waals surface area contributed by atoms with Gasteiger partial charge in [0.1, 0.15) is 0 Å². The van der Waals surface area contributed by atoms with Crippen LogP contribution in [-0.4, -0.2) is 65.7 Å². The maximum atomic E-state index is 13.5. The minimum absolute atomic E-state index is 0.00188. The summed E-state index contributed by atoms with van der Waals surface area (Å²) in [5.41, 5.74) is 6.19. The second kappa shape index (κ2) is 8.65. The van der Waals surface area contributed by atoms with E-state index in [4.69, 9.17) is 0 Å². The van der Waals surface area contributed by atoms with Crippen molar-refractivity contribution in [2.75, 3.05) is 39.8 Å². The molecule has 160 valence electrons. The average Bonchev–Trinajstić information content (AvgIpc) is 3.03. The summed E-state index contributed by atoms with van der Waals surface area (Å²) in [5.74, 6) is 0.00188. The van der Waals surface area contributed by atoms with E-state index in [1.807, 2.05) is 30.5 Å². The molecule has 1 fully saturated rings. The molecule has 0 bridgehead atoms. The largest absolute Gasteiger partial charge is 0.344 e. The van der Waals surface area contributed by atoms with E-state index in [0.29, 0.717) is 0 Å². The Hall–Kier alpha value is -2.96. The fourth-order valence-corrected chi connectivity index (χ4v) is 4.73. The molecule has 0 saturated carbocycles. The van der Waals surface area contributed by atoms with E-state index >= 15 is 0 Å². The molecule has 6 nitrogen and oxygen atoms in total. The molecule has 2 aliphatic carbocycles. The molecule has 0 unspecified atom stereocenters. The van der Waals surface area contributed by atoms with Crippen molar-refractivity contribution >= 4 is 12.0 Å². The zero-order chi connectivity index (χ0) is 21.2. The minimum atomic E-state index is -0.0459. The zero-order valence-corrected chi connectivity index (χ0v) is 18.0. The Kier molecular flexibility index (Phi) is 5.57. The molecule has 1 saturated heterocycles. The summed E-state index contributed by atoms with van der Waals surface area (Å²) in [6, 6.07) is 12.3. The summed E-state index contributed by atoms with van der Waals surface area (Å²) in [7, 11) is 2.16. The number of carbonyl (C=O) groups excluding carboxylic acids is 1. The molecule has 1 amide bonds. The van der Waals surface area contributed by atoms with Crippen molar-refractivity contribution in [3.63, 3.8) is 0 Å². The van der Waals surface area contributed by atoms with Gasteiger partial charge in [0.05, 0.1) is 17.9 Å². The highest BCUT2D eigenvalue weighted by Crippen LogP contribution is 2.36. The van der Waals surface area contributed by atoms with E-state index in [9.17, 15) is 4.79 Å². The molecule has 2 heterocycles. The molecule has 2 aliphatic heterocycles. The first-order valence-corrected chi connectivity index (χ1v) is 11.1. The number of H-pyrrole nitrogens is 1. The van der Waals surface area contributed by atoms with Crippen molar-refractivity contribution in [2.24, 2.45) is 0 Å². The molecule has 6 heteroatoms. The third kappa shape index (κ3) is 4.13. The topological polar surface area (TPSA) is 64.3 Å². The van der Waals surface area contributed by atoms with Gasteiger partial charge in [-0.2, -0.15) is 5.10 Å². The van der Waals surface area contributed by atoms with Crippen LogP contribution in [0.5, 0.6) is 0 Å². The average molecular weight is 416 g/mol. The maximum absolute atomic E-state index is 13.5. The van der Waals surface area contributed by atoms with Crippen molar-refractivity contribution in [3.8, 4) is 11.1 Å². The van der Waals surface area contributed by atoms with Crippen LogP contribution < -0.4 is 5.32 Å². The van der Waals surface area contributed by atoms with E-state index in [1.165, 1.54) is 0 Å². The second-order valence-corrected chi connectivity index (χ2v) is 8.63. The molecule has 1 atom stereocenters. The smallest absolute Gasteiger partial charge is 0.252 e. The number of rotatable bonds is 5. The van der Waals surface area contributed by atoms with Gasteiger partial charge in [-0.3, -0.25) is 14.8 Å². The number of likely N-dealkylation sites (N-methyl/N-ethyl adjacent to an activating group) is 1. The molecule has 4 aliphatic rings. The summed E-state index contributed by atoms with van der Waals surface area (Å²) in [5, 5.41) is 10.7. The van der Waals surface area contributed by atoms with Crippen LogP contribution in [0.3, 0.4) is 0 Å². The number of hydrogen-bond donors (Lipinski definition) is 2. The molecule has 0 aromatic heterocycles. The predicted octanol–water partition coefficient (Wildman–Crippen LogP) is 3.19. The van der Waals surface area contributed by atoms with Gasteiger partial charge in [-0.1, -0.05) is 36.4 Å². The number of piperazine rings is 1. The fraction of sp³-hybridized carbons (Fsp3) is 0.360. The third-order valence-electron chi connectivity index (χ3n) is 6.51. The van der Waals surface area contributed by atoms with Crippen LogP contribution in [0.4, 0.5) is 0 Å². The number of allylic oxidation sites excluding steroid dienone is 1. The number of aromatic nitrogens is 2. The van der Waals surface area contributed by atoms with E-state index in [1.54, 1.807) is 0 Å². The molecular formula is C25H29N5O. The summed E-state index contributed by atoms with van der Waals surface area (Å²) < 4.78 is 0. The van der Waals surface area contributed by atoms with Gasteiger partial charge >= 0.3 is 0 Å². The predicted molar refractivity (Wildman–Crippen MR) is 123 cm³/mol. The van der Waals surface area contributed by atoms with Gasteiger partial charge in [-0.15, -0.1) is 0 Å². The Morgan fingerprint density at radius 3 is 2.81 bits per heavy atom. The fourth-order valence-electron chi connectivity index (χ4n) is 4.73. The summed E-state index contributed by atoms with van der Waals surface area (Å²) in [4.78, 5) is 18.3. The van der Waals surface area contributed by atoms with Crippen molar-refractivity contribution in [1.82, 2.24) is 25.3 Å². The van der Waals surface area contributed by atoms with Crippen LogP contribution in [0.15, 0.2) is 48.7 Å². The van der Waals surface area contributed by atoms with E-state index < -0.39 is 0 Å². The normalized spacial score (nSPS) is 18.1. The quantitative estimate of drug-likeness (QED) is 0.672. The summed E-state index contributed by atoms with van der Waals surface area (Å²) >= 11 is 0. The molecule has 5 rings (SSSR count). The number of benzene rings is 1. The third-order valence-corrected chi connectivity index (χ3v) is 6.51. The first kappa shape index (κ1) is 20.0. The van der Waals surface area contributed by atoms with Crippen LogP contribution >= 0.6 is 0 Å². The highest BCUT2D eigenvalue weighted by atomic mass is 16.1. The lowest BCUT2D eigenvalue weighted by molar-refractivity contribution is 0.0907. The molecule has 31 heavy (non-hydrogen) atoms. The van der Waals surface area contributed by atoms with Crippen molar-refractivity contribution in [1.29, 1.82) is 0 Å². The number of aromatic amines is 1. The highest BCUT2D eigenvalue weighted by Gasteiger charge is 2.27. The maximum Gasteiger partial charge on any atom is 0.252 e. The monoisotopic (exact) mass is 415 g/mol. The standard InChI is InChI=1S/C25H29N5O/c1-29-11-13-30(14-12-29)17-23(18-7-3-2-4-8-18)27-25(31)21-15-19-16-26-28-22-10-6-5-9-20(21)24(19)22/h2-4,6-8,10,15-16,23,28H,5,9,11-14,17H2,1H3,(H,27,31)/t23-/m1/s1. The lowest BCUT2D eigenvalue weighted by atomic mass is 10.0. The van der Waals surface area contributed by atoms with Gasteiger partial charge in [-0.05, 0) is 43.2 Å². The van der Waals surface area contributed by atoms with Crippen LogP contribution in [0.25, 0.3) is 17.2 Å². The summed E-state index contributed by atoms with van der Waals surface area (Å²) in [6.45, 7) is 5.00. The Balaban J connectivity index is 1.43. The summed E-state index contributed by atoms with van der Waals surface area (Å²) in [6.07, 6.45) is 7.83. The van der Waals surface area contributed by atoms with Crippen LogP contribution in [-0.2, 0) is 6.42 Å². The first-order valence-electron chi connectivity index (χ1n) is 11.1. The lowest BCUT2D eigenvalue weighted by Crippen LogP contribution is -2.47.